The molecule has 1 saturated carbocycles. The Bertz CT molecular complexity index is 1160. The molecule has 1 amide bonds. The number of carbonyl (C=O) groups excluding carboxylic acids is 1. The van der Waals surface area contributed by atoms with Crippen LogP contribution in [0.4, 0.5) is 24.9 Å². The Labute approximate surface area is 201 Å². The van der Waals surface area contributed by atoms with Crippen molar-refractivity contribution in [3.05, 3.63) is 54.1 Å². The number of nitrogens with zero attached hydrogens (tertiary/aromatic N) is 3. The number of ether oxygens (including phenoxy) is 1. The Morgan fingerprint density at radius 1 is 1.03 bits per heavy atom. The Hall–Kier alpha value is -3.56. The van der Waals surface area contributed by atoms with Crippen LogP contribution in [0.2, 0.25) is 0 Å². The molecule has 0 radical (unpaired) electrons. The summed E-state index contributed by atoms with van der Waals surface area (Å²) >= 11 is 0. The predicted molar refractivity (Wildman–Crippen MR) is 128 cm³/mol. The zero-order chi connectivity index (χ0) is 25.0. The maximum atomic E-state index is 12.6. The molecule has 186 valence electrons. The number of para-hydroxylation sites is 1. The minimum absolute atomic E-state index is 0.0454. The summed E-state index contributed by atoms with van der Waals surface area (Å²) in [5, 5.41) is 7.31. The fourth-order valence-corrected chi connectivity index (χ4v) is 4.29. The monoisotopic (exact) mass is 487 g/mol. The third-order valence-electron chi connectivity index (χ3n) is 6.06. The number of hydrogen-bond donors (Lipinski definition) is 2. The number of aromatic nitrogens is 2. The highest BCUT2D eigenvalue weighted by molar-refractivity contribution is 5.90. The minimum Gasteiger partial charge on any atom is -0.406 e. The summed E-state index contributed by atoms with van der Waals surface area (Å²) in [4.78, 5) is 23.9. The van der Waals surface area contributed by atoms with Crippen molar-refractivity contribution in [3.63, 3.8) is 0 Å². The molecule has 1 fully saturated rings. The van der Waals surface area contributed by atoms with Crippen molar-refractivity contribution >= 4 is 28.6 Å². The van der Waals surface area contributed by atoms with Crippen molar-refractivity contribution in [2.75, 3.05) is 24.3 Å². The van der Waals surface area contributed by atoms with Gasteiger partial charge in [0.25, 0.3) is 0 Å². The van der Waals surface area contributed by atoms with Gasteiger partial charge in [-0.2, -0.15) is 4.98 Å². The van der Waals surface area contributed by atoms with E-state index in [0.29, 0.717) is 11.5 Å². The number of hydrogen-bond acceptors (Lipinski definition) is 6. The van der Waals surface area contributed by atoms with Crippen LogP contribution in [-0.2, 0) is 11.3 Å². The largest absolute Gasteiger partial charge is 0.573 e. The third kappa shape index (κ3) is 6.52. The first kappa shape index (κ1) is 24.6. The summed E-state index contributed by atoms with van der Waals surface area (Å²) in [7, 11) is 3.90. The molecule has 35 heavy (non-hydrogen) atoms. The molecule has 1 aliphatic rings. The van der Waals surface area contributed by atoms with Crippen molar-refractivity contribution in [3.8, 4) is 5.75 Å². The van der Waals surface area contributed by atoms with Gasteiger partial charge >= 0.3 is 6.36 Å². The van der Waals surface area contributed by atoms with E-state index in [1.807, 2.05) is 43.3 Å². The summed E-state index contributed by atoms with van der Waals surface area (Å²) in [5.74, 6) is 1.00. The second-order valence-electron chi connectivity index (χ2n) is 8.88. The molecule has 1 aliphatic carbocycles. The normalized spacial score (nSPS) is 18.2. The lowest BCUT2D eigenvalue weighted by Gasteiger charge is -2.28. The first-order chi connectivity index (χ1) is 16.7. The van der Waals surface area contributed by atoms with E-state index in [-0.39, 0.29) is 30.2 Å². The highest BCUT2D eigenvalue weighted by Crippen LogP contribution is 2.29. The van der Waals surface area contributed by atoms with Gasteiger partial charge in [-0.15, -0.1) is 13.2 Å². The number of fused-ring (bicyclic) bond motifs is 1. The smallest absolute Gasteiger partial charge is 0.406 e. The van der Waals surface area contributed by atoms with Gasteiger partial charge in [0.1, 0.15) is 11.6 Å². The Morgan fingerprint density at radius 3 is 2.37 bits per heavy atom. The van der Waals surface area contributed by atoms with E-state index in [1.165, 1.54) is 24.3 Å². The SMILES string of the molecule is CN(C)c1nc(NC2CCC(C(=O)NCc3ccc(OC(F)(F)F)cc3)CC2)nc2ccccc12. The van der Waals surface area contributed by atoms with Gasteiger partial charge in [0, 0.05) is 38.0 Å². The van der Waals surface area contributed by atoms with E-state index in [4.69, 9.17) is 4.98 Å². The Balaban J connectivity index is 1.28. The lowest BCUT2D eigenvalue weighted by atomic mass is 9.85. The van der Waals surface area contributed by atoms with Crippen LogP contribution in [-0.4, -0.2) is 42.4 Å². The van der Waals surface area contributed by atoms with Crippen LogP contribution < -0.4 is 20.3 Å². The number of benzene rings is 2. The van der Waals surface area contributed by atoms with Crippen molar-refractivity contribution in [2.45, 2.75) is 44.6 Å². The van der Waals surface area contributed by atoms with Crippen molar-refractivity contribution in [2.24, 2.45) is 5.92 Å². The molecule has 0 aliphatic heterocycles. The van der Waals surface area contributed by atoms with Gasteiger partial charge < -0.3 is 20.3 Å². The van der Waals surface area contributed by atoms with Crippen molar-refractivity contribution < 1.29 is 22.7 Å². The number of alkyl halides is 3. The predicted octanol–water partition coefficient (Wildman–Crippen LogP) is 4.88. The molecule has 4 rings (SSSR count). The zero-order valence-electron chi connectivity index (χ0n) is 19.6. The standard InChI is InChI=1S/C25H28F3N5O2/c1-33(2)22-20-5-3-4-6-21(20)31-24(32-22)30-18-11-9-17(10-12-18)23(34)29-15-16-7-13-19(14-8-16)35-25(26,27)28/h3-8,13-14,17-18H,9-12,15H2,1-2H3,(H,29,34)(H,30,31,32). The highest BCUT2D eigenvalue weighted by atomic mass is 19.4. The molecule has 0 spiro atoms. The molecule has 0 saturated heterocycles. The average Bonchev–Trinajstić information content (AvgIpc) is 2.82. The van der Waals surface area contributed by atoms with Crippen LogP contribution in [0.5, 0.6) is 5.75 Å². The maximum absolute atomic E-state index is 12.6. The maximum Gasteiger partial charge on any atom is 0.573 e. The molecule has 0 bridgehead atoms. The highest BCUT2D eigenvalue weighted by Gasteiger charge is 2.31. The van der Waals surface area contributed by atoms with Crippen LogP contribution in [0.25, 0.3) is 10.9 Å². The second-order valence-corrected chi connectivity index (χ2v) is 8.88. The first-order valence-electron chi connectivity index (χ1n) is 11.5. The van der Waals surface area contributed by atoms with Gasteiger partial charge in [-0.05, 0) is 55.5 Å². The van der Waals surface area contributed by atoms with Gasteiger partial charge in [-0.1, -0.05) is 24.3 Å². The quantitative estimate of drug-likeness (QED) is 0.495. The van der Waals surface area contributed by atoms with Crippen molar-refractivity contribution in [1.82, 2.24) is 15.3 Å². The topological polar surface area (TPSA) is 79.4 Å². The first-order valence-corrected chi connectivity index (χ1v) is 11.5. The lowest BCUT2D eigenvalue weighted by molar-refractivity contribution is -0.274. The Kier molecular flexibility index (Phi) is 7.28. The van der Waals surface area contributed by atoms with Crippen LogP contribution in [0.15, 0.2) is 48.5 Å². The van der Waals surface area contributed by atoms with Gasteiger partial charge in [0.2, 0.25) is 11.9 Å². The molecule has 0 unspecified atom stereocenters. The van der Waals surface area contributed by atoms with Gasteiger partial charge in [0.15, 0.2) is 0 Å². The van der Waals surface area contributed by atoms with Crippen LogP contribution in [0.1, 0.15) is 31.2 Å². The number of halogens is 3. The molecule has 7 nitrogen and oxygen atoms in total. The molecular weight excluding hydrogens is 459 g/mol. The molecule has 3 aromatic rings. The number of amides is 1. The van der Waals surface area contributed by atoms with Gasteiger partial charge in [-0.3, -0.25) is 4.79 Å². The van der Waals surface area contributed by atoms with Crippen molar-refractivity contribution in [1.29, 1.82) is 0 Å². The fourth-order valence-electron chi connectivity index (χ4n) is 4.29. The molecule has 2 aromatic carbocycles. The molecular formula is C25H28F3N5O2. The van der Waals surface area contributed by atoms with Crippen LogP contribution in [0, 0.1) is 5.92 Å². The fraction of sp³-hybridized carbons (Fsp3) is 0.400. The number of carbonyl (C=O) groups is 1. The summed E-state index contributed by atoms with van der Waals surface area (Å²) in [5.41, 5.74) is 1.58. The number of nitrogens with one attached hydrogen (secondary N) is 2. The van der Waals surface area contributed by atoms with E-state index in [2.05, 4.69) is 20.4 Å². The molecule has 0 atom stereocenters. The minimum atomic E-state index is -4.72. The second kappa shape index (κ2) is 10.4. The summed E-state index contributed by atoms with van der Waals surface area (Å²) in [6, 6.07) is 13.6. The third-order valence-corrected chi connectivity index (χ3v) is 6.06. The lowest BCUT2D eigenvalue weighted by Crippen LogP contribution is -2.35. The molecule has 10 heteroatoms. The molecule has 2 N–H and O–H groups in total. The van der Waals surface area contributed by atoms with E-state index in [9.17, 15) is 18.0 Å². The number of rotatable bonds is 7. The van der Waals surface area contributed by atoms with E-state index in [0.717, 1.165) is 42.4 Å². The van der Waals surface area contributed by atoms with Gasteiger partial charge in [0.05, 0.1) is 5.52 Å². The number of anilines is 2. The molecule has 1 aromatic heterocycles. The average molecular weight is 488 g/mol. The van der Waals surface area contributed by atoms with E-state index in [1.54, 1.807) is 0 Å². The summed E-state index contributed by atoms with van der Waals surface area (Å²) in [6.07, 6.45) is -1.63. The van der Waals surface area contributed by atoms with Crippen LogP contribution in [0.3, 0.4) is 0 Å². The van der Waals surface area contributed by atoms with Crippen LogP contribution >= 0.6 is 0 Å². The Morgan fingerprint density at radius 2 is 1.71 bits per heavy atom. The van der Waals surface area contributed by atoms with Gasteiger partial charge in [-0.25, -0.2) is 4.98 Å². The summed E-state index contributed by atoms with van der Waals surface area (Å²) in [6.45, 7) is 0.252. The van der Waals surface area contributed by atoms with E-state index < -0.39 is 6.36 Å². The summed E-state index contributed by atoms with van der Waals surface area (Å²) < 4.78 is 40.7. The zero-order valence-corrected chi connectivity index (χ0v) is 19.6. The molecule has 1 heterocycles. The van der Waals surface area contributed by atoms with E-state index >= 15 is 0 Å².